The predicted octanol–water partition coefficient (Wildman–Crippen LogP) is 8.63. The van der Waals surface area contributed by atoms with E-state index in [1.165, 1.54) is 20.1 Å². The van der Waals surface area contributed by atoms with Gasteiger partial charge in [0.1, 0.15) is 11.6 Å². The van der Waals surface area contributed by atoms with Crippen LogP contribution in [0.3, 0.4) is 0 Å². The molecule has 0 radical (unpaired) electrons. The Kier molecular flexibility index (Phi) is 8.84. The molecule has 3 aromatic carbocycles. The maximum Gasteiger partial charge on any atom is 0.416 e. The molecule has 3 aromatic rings. The highest BCUT2D eigenvalue weighted by Gasteiger charge is 2.37. The van der Waals surface area contributed by atoms with Crippen molar-refractivity contribution in [2.45, 2.75) is 38.5 Å². The van der Waals surface area contributed by atoms with Gasteiger partial charge in [0.05, 0.1) is 30.9 Å². The Morgan fingerprint density at radius 1 is 0.732 bits per heavy atom. The summed E-state index contributed by atoms with van der Waals surface area (Å²) in [7, 11) is 2.06. The summed E-state index contributed by atoms with van der Waals surface area (Å²) in [5, 5.41) is 0. The SMILES string of the molecule is COC(=O)N(Cc1cc(C(F)(F)F)cc(C(F)(F)F)c1)Cc1cc(C(F)(F)F)ccc1-c1cc(C)c(F)cc1OC. The molecule has 0 aliphatic heterocycles. The van der Waals surface area contributed by atoms with Gasteiger partial charge in [-0.1, -0.05) is 6.07 Å². The molecule has 0 N–H and O–H groups in total. The van der Waals surface area contributed by atoms with E-state index in [1.54, 1.807) is 0 Å². The van der Waals surface area contributed by atoms with Crippen molar-refractivity contribution >= 4 is 6.09 Å². The topological polar surface area (TPSA) is 38.8 Å². The average Bonchev–Trinajstić information content (AvgIpc) is 2.87. The van der Waals surface area contributed by atoms with Crippen molar-refractivity contribution in [1.29, 1.82) is 0 Å². The first kappa shape index (κ1) is 31.6. The van der Waals surface area contributed by atoms with Crippen molar-refractivity contribution < 1.29 is 58.2 Å². The van der Waals surface area contributed by atoms with Crippen LogP contribution in [-0.4, -0.2) is 25.2 Å². The molecule has 0 aliphatic carbocycles. The Morgan fingerprint density at radius 2 is 1.29 bits per heavy atom. The summed E-state index contributed by atoms with van der Waals surface area (Å²) in [6, 6.07) is 5.39. The summed E-state index contributed by atoms with van der Waals surface area (Å²) in [6.07, 6.45) is -16.4. The number of hydrogen-bond donors (Lipinski definition) is 0. The molecule has 0 bridgehead atoms. The molecule has 0 saturated heterocycles. The number of alkyl halides is 9. The fourth-order valence-corrected chi connectivity index (χ4v) is 4.06. The molecule has 0 aromatic heterocycles. The van der Waals surface area contributed by atoms with Gasteiger partial charge in [-0.05, 0) is 65.6 Å². The Balaban J connectivity index is 2.19. The number of nitrogens with zero attached hydrogens (tertiary/aromatic N) is 1. The van der Waals surface area contributed by atoms with Gasteiger partial charge in [-0.3, -0.25) is 4.90 Å². The zero-order valence-corrected chi connectivity index (χ0v) is 21.5. The number of amides is 1. The van der Waals surface area contributed by atoms with Gasteiger partial charge in [-0.25, -0.2) is 9.18 Å². The largest absolute Gasteiger partial charge is 0.496 e. The van der Waals surface area contributed by atoms with Gasteiger partial charge in [0.25, 0.3) is 0 Å². The van der Waals surface area contributed by atoms with E-state index < -0.39 is 65.8 Å². The minimum Gasteiger partial charge on any atom is -0.496 e. The standard InChI is InChI=1S/C27H21F10NO3/c1-14-6-21(23(40-2)11-22(14)28)20-5-4-17(25(29,30)31)9-16(20)13-38(24(39)41-3)12-15-7-18(26(32,33)34)10-19(8-15)27(35,36)37/h4-11H,12-13H2,1-3H3. The van der Waals surface area contributed by atoms with E-state index in [2.05, 4.69) is 4.74 Å². The molecule has 0 fully saturated rings. The van der Waals surface area contributed by atoms with Crippen molar-refractivity contribution in [3.8, 4) is 16.9 Å². The fraction of sp³-hybridized carbons (Fsp3) is 0.296. The number of hydrogen-bond acceptors (Lipinski definition) is 3. The number of carbonyl (C=O) groups is 1. The molecule has 222 valence electrons. The number of halogens is 10. The molecule has 0 heterocycles. The van der Waals surface area contributed by atoms with Gasteiger partial charge >= 0.3 is 24.6 Å². The maximum absolute atomic E-state index is 14.2. The zero-order chi connectivity index (χ0) is 30.9. The van der Waals surface area contributed by atoms with E-state index in [9.17, 15) is 48.7 Å². The van der Waals surface area contributed by atoms with Crippen LogP contribution in [0.4, 0.5) is 48.7 Å². The van der Waals surface area contributed by atoms with Crippen LogP contribution in [0.15, 0.2) is 48.5 Å². The lowest BCUT2D eigenvalue weighted by Crippen LogP contribution is -2.30. The fourth-order valence-electron chi connectivity index (χ4n) is 4.06. The van der Waals surface area contributed by atoms with Crippen LogP contribution in [0.2, 0.25) is 0 Å². The van der Waals surface area contributed by atoms with E-state index in [-0.39, 0.29) is 34.1 Å². The van der Waals surface area contributed by atoms with E-state index in [4.69, 9.17) is 4.74 Å². The van der Waals surface area contributed by atoms with Crippen LogP contribution >= 0.6 is 0 Å². The molecule has 3 rings (SSSR count). The van der Waals surface area contributed by atoms with Gasteiger partial charge in [0.15, 0.2) is 0 Å². The second-order valence-electron chi connectivity index (χ2n) is 8.91. The van der Waals surface area contributed by atoms with Crippen LogP contribution in [0, 0.1) is 12.7 Å². The normalized spacial score (nSPS) is 12.3. The summed E-state index contributed by atoms with van der Waals surface area (Å²) in [4.78, 5) is 13.2. The predicted molar refractivity (Wildman–Crippen MR) is 126 cm³/mol. The molecule has 0 atom stereocenters. The first-order chi connectivity index (χ1) is 18.8. The van der Waals surface area contributed by atoms with Crippen molar-refractivity contribution in [2.24, 2.45) is 0 Å². The van der Waals surface area contributed by atoms with Crippen molar-refractivity contribution in [2.75, 3.05) is 14.2 Å². The lowest BCUT2D eigenvalue weighted by Gasteiger charge is -2.25. The van der Waals surface area contributed by atoms with Crippen molar-refractivity contribution in [1.82, 2.24) is 4.90 Å². The minimum absolute atomic E-state index is 0.0341. The third kappa shape index (κ3) is 7.41. The van der Waals surface area contributed by atoms with Gasteiger partial charge in [0.2, 0.25) is 0 Å². The lowest BCUT2D eigenvalue weighted by atomic mass is 9.94. The molecule has 0 spiro atoms. The molecule has 0 unspecified atom stereocenters. The summed E-state index contributed by atoms with van der Waals surface area (Å²) < 4.78 is 145. The van der Waals surface area contributed by atoms with Crippen molar-refractivity contribution in [3.63, 3.8) is 0 Å². The van der Waals surface area contributed by atoms with Crippen LogP contribution in [0.1, 0.15) is 33.4 Å². The summed E-state index contributed by atoms with van der Waals surface area (Å²) in [5.41, 5.74) is -5.02. The lowest BCUT2D eigenvalue weighted by molar-refractivity contribution is -0.143. The highest BCUT2D eigenvalue weighted by molar-refractivity contribution is 5.75. The summed E-state index contributed by atoms with van der Waals surface area (Å²) in [6.45, 7) is -0.257. The minimum atomic E-state index is -5.17. The van der Waals surface area contributed by atoms with Crippen LogP contribution < -0.4 is 4.74 Å². The third-order valence-corrected chi connectivity index (χ3v) is 6.02. The number of benzene rings is 3. The molecular formula is C27H21F10NO3. The Bertz CT molecular complexity index is 1400. The van der Waals surface area contributed by atoms with Crippen molar-refractivity contribution in [3.05, 3.63) is 87.7 Å². The molecule has 41 heavy (non-hydrogen) atoms. The smallest absolute Gasteiger partial charge is 0.416 e. The highest BCUT2D eigenvalue weighted by Crippen LogP contribution is 2.40. The molecule has 14 heteroatoms. The number of carbonyl (C=O) groups excluding carboxylic acids is 1. The maximum atomic E-state index is 14.2. The Morgan fingerprint density at radius 3 is 1.78 bits per heavy atom. The second kappa shape index (κ2) is 11.5. The first-order valence-electron chi connectivity index (χ1n) is 11.5. The Labute approximate surface area is 227 Å². The first-order valence-corrected chi connectivity index (χ1v) is 11.5. The summed E-state index contributed by atoms with van der Waals surface area (Å²) >= 11 is 0. The monoisotopic (exact) mass is 597 g/mol. The quantitative estimate of drug-likeness (QED) is 0.267. The third-order valence-electron chi connectivity index (χ3n) is 6.02. The van der Waals surface area contributed by atoms with E-state index in [0.29, 0.717) is 23.1 Å². The number of rotatable bonds is 6. The zero-order valence-electron chi connectivity index (χ0n) is 21.5. The van der Waals surface area contributed by atoms with E-state index in [0.717, 1.165) is 25.3 Å². The molecule has 4 nitrogen and oxygen atoms in total. The second-order valence-corrected chi connectivity index (χ2v) is 8.91. The van der Waals surface area contributed by atoms with Gasteiger partial charge in [0, 0.05) is 24.7 Å². The molecule has 0 saturated carbocycles. The van der Waals surface area contributed by atoms with Crippen LogP contribution in [0.5, 0.6) is 5.75 Å². The number of methoxy groups -OCH3 is 2. The molecular weight excluding hydrogens is 576 g/mol. The van der Waals surface area contributed by atoms with Crippen LogP contribution in [-0.2, 0) is 36.4 Å². The van der Waals surface area contributed by atoms with E-state index >= 15 is 0 Å². The Hall–Kier alpha value is -3.97. The van der Waals surface area contributed by atoms with E-state index in [1.807, 2.05) is 0 Å². The van der Waals surface area contributed by atoms with Crippen LogP contribution in [0.25, 0.3) is 11.1 Å². The molecule has 1 amide bonds. The number of aryl methyl sites for hydroxylation is 1. The molecule has 0 aliphatic rings. The highest BCUT2D eigenvalue weighted by atomic mass is 19.4. The van der Waals surface area contributed by atoms with Gasteiger partial charge in [-0.15, -0.1) is 0 Å². The van der Waals surface area contributed by atoms with Gasteiger partial charge < -0.3 is 9.47 Å². The summed E-state index contributed by atoms with van der Waals surface area (Å²) in [5.74, 6) is -0.758. The average molecular weight is 597 g/mol. The number of ether oxygens (including phenoxy) is 2. The van der Waals surface area contributed by atoms with Gasteiger partial charge in [-0.2, -0.15) is 39.5 Å².